The van der Waals surface area contributed by atoms with Crippen molar-refractivity contribution in [3.05, 3.63) is 21.3 Å². The fourth-order valence-electron chi connectivity index (χ4n) is 0.527. The van der Waals surface area contributed by atoms with Gasteiger partial charge in [0.2, 0.25) is 0 Å². The molecule has 0 fully saturated rings. The lowest BCUT2D eigenvalue weighted by Crippen LogP contribution is -2.04. The van der Waals surface area contributed by atoms with E-state index in [9.17, 15) is 13.6 Å². The van der Waals surface area contributed by atoms with E-state index in [0.717, 1.165) is 11.3 Å². The van der Waals surface area contributed by atoms with Gasteiger partial charge in [-0.3, -0.25) is 0 Å². The Hall–Kier alpha value is -0.430. The summed E-state index contributed by atoms with van der Waals surface area (Å²) in [4.78, 5) is 11.0. The SMILES string of the molecule is O=C(OS(=O)[O-])c1ccc(Cl)s1. The minimum Gasteiger partial charge on any atom is -0.740 e. The third-order valence-corrected chi connectivity index (χ3v) is 2.42. The van der Waals surface area contributed by atoms with Crippen LogP contribution in [0.4, 0.5) is 0 Å². The maximum Gasteiger partial charge on any atom is 0.361 e. The molecule has 0 bridgehead atoms. The molecule has 1 unspecified atom stereocenters. The first kappa shape index (κ1) is 9.66. The summed E-state index contributed by atoms with van der Waals surface area (Å²) in [7, 11) is 0. The maximum atomic E-state index is 10.8. The number of halogens is 1. The Labute approximate surface area is 79.6 Å². The molecule has 0 aliphatic heterocycles. The van der Waals surface area contributed by atoms with Crippen LogP contribution in [-0.2, 0) is 15.5 Å². The molecule has 0 spiro atoms. The van der Waals surface area contributed by atoms with E-state index in [1.807, 2.05) is 0 Å². The van der Waals surface area contributed by atoms with Gasteiger partial charge in [0, 0.05) is 0 Å². The van der Waals surface area contributed by atoms with Gasteiger partial charge in [-0.15, -0.1) is 11.3 Å². The molecule has 66 valence electrons. The van der Waals surface area contributed by atoms with Crippen LogP contribution in [0.3, 0.4) is 0 Å². The number of hydrogen-bond donors (Lipinski definition) is 0. The second-order valence-electron chi connectivity index (χ2n) is 1.68. The Kier molecular flexibility index (Phi) is 3.21. The van der Waals surface area contributed by atoms with E-state index in [-0.39, 0.29) is 4.88 Å². The average molecular weight is 226 g/mol. The zero-order valence-corrected chi connectivity index (χ0v) is 7.87. The van der Waals surface area contributed by atoms with Crippen molar-refractivity contribution in [1.29, 1.82) is 0 Å². The largest absolute Gasteiger partial charge is 0.740 e. The van der Waals surface area contributed by atoms with Gasteiger partial charge in [0.15, 0.2) is 0 Å². The highest BCUT2D eigenvalue weighted by atomic mass is 35.5. The van der Waals surface area contributed by atoms with Crippen LogP contribution in [0.25, 0.3) is 0 Å². The van der Waals surface area contributed by atoms with Crippen LogP contribution in [0, 0.1) is 0 Å². The standard InChI is InChI=1S/C5H3ClO4S2/c6-4-2-1-3(11-4)5(7)10-12(8)9/h1-2H,(H,8,9)/p-1. The highest BCUT2D eigenvalue weighted by Crippen LogP contribution is 2.21. The van der Waals surface area contributed by atoms with Crippen molar-refractivity contribution in [2.45, 2.75) is 0 Å². The molecule has 0 saturated carbocycles. The van der Waals surface area contributed by atoms with E-state index in [4.69, 9.17) is 11.6 Å². The van der Waals surface area contributed by atoms with Crippen molar-refractivity contribution in [1.82, 2.24) is 0 Å². The molecule has 7 heteroatoms. The van der Waals surface area contributed by atoms with Gasteiger partial charge in [0.05, 0.1) is 4.34 Å². The smallest absolute Gasteiger partial charge is 0.361 e. The topological polar surface area (TPSA) is 66.4 Å². The van der Waals surface area contributed by atoms with Crippen LogP contribution >= 0.6 is 22.9 Å². The monoisotopic (exact) mass is 225 g/mol. The van der Waals surface area contributed by atoms with Gasteiger partial charge in [0.1, 0.15) is 16.2 Å². The summed E-state index contributed by atoms with van der Waals surface area (Å²) in [5.74, 6) is -0.916. The summed E-state index contributed by atoms with van der Waals surface area (Å²) < 4.78 is 24.1. The first-order chi connectivity index (χ1) is 5.59. The predicted molar refractivity (Wildman–Crippen MR) is 43.7 cm³/mol. The molecule has 0 aliphatic carbocycles. The van der Waals surface area contributed by atoms with Gasteiger partial charge >= 0.3 is 5.97 Å². The van der Waals surface area contributed by atoms with Crippen molar-refractivity contribution < 1.29 is 17.7 Å². The van der Waals surface area contributed by atoms with E-state index in [1.54, 1.807) is 0 Å². The van der Waals surface area contributed by atoms with Crippen molar-refractivity contribution in [2.75, 3.05) is 0 Å². The Bertz CT molecular complexity index is 321. The summed E-state index contributed by atoms with van der Waals surface area (Å²) in [6.45, 7) is 0. The lowest BCUT2D eigenvalue weighted by molar-refractivity contribution is 0.0747. The molecule has 0 radical (unpaired) electrons. The van der Waals surface area contributed by atoms with E-state index in [2.05, 4.69) is 4.18 Å². The highest BCUT2D eigenvalue weighted by Gasteiger charge is 2.09. The number of carbonyl (C=O) groups is 1. The fourth-order valence-corrected chi connectivity index (χ4v) is 1.71. The third kappa shape index (κ3) is 2.56. The van der Waals surface area contributed by atoms with Crippen LogP contribution in [0.2, 0.25) is 4.34 Å². The van der Waals surface area contributed by atoms with Gasteiger partial charge < -0.3 is 8.74 Å². The minimum absolute atomic E-state index is 0.157. The molecule has 1 aromatic rings. The fraction of sp³-hybridized carbons (Fsp3) is 0. The van der Waals surface area contributed by atoms with Crippen LogP contribution in [0.1, 0.15) is 9.67 Å². The lowest BCUT2D eigenvalue weighted by atomic mass is 10.5. The maximum absolute atomic E-state index is 10.8. The van der Waals surface area contributed by atoms with Crippen molar-refractivity contribution >= 4 is 40.3 Å². The number of carbonyl (C=O) groups excluding carboxylic acids is 1. The van der Waals surface area contributed by atoms with Gasteiger partial charge in [-0.1, -0.05) is 11.6 Å². The Morgan fingerprint density at radius 2 is 2.33 bits per heavy atom. The second-order valence-corrected chi connectivity index (χ2v) is 3.97. The average Bonchev–Trinajstić information content (AvgIpc) is 2.34. The first-order valence-corrected chi connectivity index (χ1v) is 4.86. The lowest BCUT2D eigenvalue weighted by Gasteiger charge is -2.02. The van der Waals surface area contributed by atoms with E-state index >= 15 is 0 Å². The molecule has 0 aromatic carbocycles. The van der Waals surface area contributed by atoms with Crippen LogP contribution in [0.15, 0.2) is 12.1 Å². The first-order valence-electron chi connectivity index (χ1n) is 2.67. The molecule has 0 N–H and O–H groups in total. The zero-order valence-electron chi connectivity index (χ0n) is 5.48. The Morgan fingerprint density at radius 1 is 1.67 bits per heavy atom. The molecular formula is C5H2ClO4S2-. The van der Waals surface area contributed by atoms with Crippen molar-refractivity contribution in [3.63, 3.8) is 0 Å². The van der Waals surface area contributed by atoms with Crippen molar-refractivity contribution in [2.24, 2.45) is 0 Å². The van der Waals surface area contributed by atoms with E-state index in [1.165, 1.54) is 12.1 Å². The summed E-state index contributed by atoms with van der Waals surface area (Å²) >= 11 is 3.63. The quantitative estimate of drug-likeness (QED) is 0.713. The minimum atomic E-state index is -2.82. The Balaban J connectivity index is 2.72. The number of hydrogen-bond acceptors (Lipinski definition) is 5. The molecule has 4 nitrogen and oxygen atoms in total. The molecule has 0 aliphatic rings. The highest BCUT2D eigenvalue weighted by molar-refractivity contribution is 7.74. The van der Waals surface area contributed by atoms with Gasteiger partial charge in [0.25, 0.3) is 0 Å². The molecule has 1 heterocycles. The van der Waals surface area contributed by atoms with Crippen LogP contribution in [0.5, 0.6) is 0 Å². The zero-order chi connectivity index (χ0) is 9.14. The van der Waals surface area contributed by atoms with Gasteiger partial charge in [-0.25, -0.2) is 9.00 Å². The number of thiophene rings is 1. The number of rotatable bonds is 2. The van der Waals surface area contributed by atoms with Crippen LogP contribution in [-0.4, -0.2) is 14.7 Å². The summed E-state index contributed by atoms with van der Waals surface area (Å²) in [5, 5.41) is 0. The molecule has 1 atom stereocenters. The molecular weight excluding hydrogens is 224 g/mol. The van der Waals surface area contributed by atoms with Crippen molar-refractivity contribution in [3.8, 4) is 0 Å². The van der Waals surface area contributed by atoms with Gasteiger partial charge in [-0.2, -0.15) is 0 Å². The Morgan fingerprint density at radius 3 is 2.75 bits per heavy atom. The molecule has 1 rings (SSSR count). The summed E-state index contributed by atoms with van der Waals surface area (Å²) in [5.41, 5.74) is 0. The van der Waals surface area contributed by atoms with Crippen LogP contribution < -0.4 is 0 Å². The second kappa shape index (κ2) is 3.99. The molecule has 1 aromatic heterocycles. The summed E-state index contributed by atoms with van der Waals surface area (Å²) in [6, 6.07) is 2.87. The summed E-state index contributed by atoms with van der Waals surface area (Å²) in [6.07, 6.45) is 0. The van der Waals surface area contributed by atoms with E-state index in [0.29, 0.717) is 4.34 Å². The molecule has 12 heavy (non-hydrogen) atoms. The normalized spacial score (nSPS) is 12.5. The van der Waals surface area contributed by atoms with Gasteiger partial charge in [-0.05, 0) is 12.1 Å². The molecule has 0 amide bonds. The third-order valence-electron chi connectivity index (χ3n) is 0.918. The predicted octanol–water partition coefficient (Wildman–Crippen LogP) is 1.35. The van der Waals surface area contributed by atoms with E-state index < -0.39 is 17.3 Å². The molecule has 0 saturated heterocycles.